The zero-order valence-corrected chi connectivity index (χ0v) is 19.0. The van der Waals surface area contributed by atoms with Crippen LogP contribution in [0.25, 0.3) is 0 Å². The number of carbonyl (C=O) groups excluding carboxylic acids is 1. The summed E-state index contributed by atoms with van der Waals surface area (Å²) in [5, 5.41) is -1.09. The average molecular weight is 461 g/mol. The Balaban J connectivity index is 1.87. The summed E-state index contributed by atoms with van der Waals surface area (Å²) in [5.41, 5.74) is 0.745. The molecule has 1 aromatic rings. The van der Waals surface area contributed by atoms with Crippen molar-refractivity contribution in [3.05, 3.63) is 23.8 Å². The summed E-state index contributed by atoms with van der Waals surface area (Å²) in [6.07, 6.45) is -0.412. The molecule has 2 atom stereocenters. The van der Waals surface area contributed by atoms with E-state index in [2.05, 4.69) is 0 Å². The van der Waals surface area contributed by atoms with Gasteiger partial charge in [-0.15, -0.1) is 0 Å². The van der Waals surface area contributed by atoms with E-state index in [9.17, 15) is 21.6 Å². The normalized spacial score (nSPS) is 24.6. The Morgan fingerprint density at radius 2 is 1.83 bits per heavy atom. The van der Waals surface area contributed by atoms with Crippen molar-refractivity contribution in [3.63, 3.8) is 0 Å². The van der Waals surface area contributed by atoms with Gasteiger partial charge in [-0.2, -0.15) is 0 Å². The number of hydrogen-bond donors (Lipinski definition) is 0. The van der Waals surface area contributed by atoms with Gasteiger partial charge in [-0.1, -0.05) is 6.07 Å². The lowest BCUT2D eigenvalue weighted by atomic mass is 10.2. The van der Waals surface area contributed by atoms with Gasteiger partial charge < -0.3 is 14.4 Å². The van der Waals surface area contributed by atoms with Gasteiger partial charge in [0, 0.05) is 32.2 Å². The second-order valence-electron chi connectivity index (χ2n) is 7.60. The molecular formula is C19H28N2O7S2. The van der Waals surface area contributed by atoms with Crippen LogP contribution in [-0.2, 0) is 24.4 Å². The number of hydrogen-bond acceptors (Lipinski definition) is 8. The fraction of sp³-hybridized carbons (Fsp3) is 0.632. The Hall–Kier alpha value is -1.85. The molecule has 2 aliphatic heterocycles. The minimum absolute atomic E-state index is 0.0160. The topological polar surface area (TPSA) is 110 Å². The lowest BCUT2D eigenvalue weighted by Gasteiger charge is -2.38. The number of nitrogens with zero attached hydrogens (tertiary/aromatic N) is 2. The van der Waals surface area contributed by atoms with E-state index in [1.165, 1.54) is 13.2 Å². The number of aryl methyl sites for hydroxylation is 1. The number of amides is 1. The van der Waals surface area contributed by atoms with Crippen molar-refractivity contribution in [2.75, 3.05) is 51.4 Å². The molecule has 1 amide bonds. The van der Waals surface area contributed by atoms with Gasteiger partial charge in [0.25, 0.3) is 0 Å². The predicted molar refractivity (Wildman–Crippen MR) is 111 cm³/mol. The van der Waals surface area contributed by atoms with Crippen molar-refractivity contribution in [1.82, 2.24) is 9.80 Å². The molecule has 0 spiro atoms. The fourth-order valence-corrected chi connectivity index (χ4v) is 9.13. The molecule has 30 heavy (non-hydrogen) atoms. The van der Waals surface area contributed by atoms with E-state index in [1.807, 2.05) is 4.90 Å². The summed E-state index contributed by atoms with van der Waals surface area (Å²) >= 11 is 0. The monoisotopic (exact) mass is 460 g/mol. The molecule has 0 aliphatic carbocycles. The first-order valence-corrected chi connectivity index (χ1v) is 13.2. The van der Waals surface area contributed by atoms with E-state index in [0.717, 1.165) is 5.56 Å². The van der Waals surface area contributed by atoms with E-state index in [4.69, 9.17) is 9.47 Å². The third-order valence-corrected chi connectivity index (χ3v) is 9.74. The number of piperazine rings is 1. The maximum absolute atomic E-state index is 13.5. The molecule has 3 rings (SSSR count). The first kappa shape index (κ1) is 22.8. The summed E-state index contributed by atoms with van der Waals surface area (Å²) < 4.78 is 62.2. The maximum atomic E-state index is 13.5. The van der Waals surface area contributed by atoms with Crippen molar-refractivity contribution < 1.29 is 31.1 Å². The van der Waals surface area contributed by atoms with Gasteiger partial charge in [-0.05, 0) is 31.5 Å². The van der Waals surface area contributed by atoms with E-state index in [1.54, 1.807) is 30.9 Å². The molecule has 0 bridgehead atoms. The van der Waals surface area contributed by atoms with E-state index in [-0.39, 0.29) is 23.0 Å². The van der Waals surface area contributed by atoms with Gasteiger partial charge in [0.05, 0.1) is 30.5 Å². The highest BCUT2D eigenvalue weighted by molar-refractivity contribution is 7.96. The van der Waals surface area contributed by atoms with Crippen LogP contribution in [0.15, 0.2) is 23.1 Å². The van der Waals surface area contributed by atoms with Crippen LogP contribution in [-0.4, -0.2) is 95.4 Å². The van der Waals surface area contributed by atoms with Crippen molar-refractivity contribution in [1.29, 1.82) is 0 Å². The minimum atomic E-state index is -3.96. The molecular weight excluding hydrogens is 432 g/mol. The first-order valence-electron chi connectivity index (χ1n) is 9.83. The summed E-state index contributed by atoms with van der Waals surface area (Å²) in [6.45, 7) is 5.26. The Morgan fingerprint density at radius 3 is 2.43 bits per heavy atom. The Labute approximate surface area is 177 Å². The van der Waals surface area contributed by atoms with Crippen molar-refractivity contribution >= 4 is 25.8 Å². The van der Waals surface area contributed by atoms with Crippen LogP contribution in [0, 0.1) is 6.92 Å². The van der Waals surface area contributed by atoms with Crippen molar-refractivity contribution in [2.24, 2.45) is 0 Å². The van der Waals surface area contributed by atoms with Gasteiger partial charge in [0.15, 0.2) is 19.7 Å². The van der Waals surface area contributed by atoms with Crippen molar-refractivity contribution in [3.8, 4) is 5.75 Å². The van der Waals surface area contributed by atoms with E-state index >= 15 is 0 Å². The van der Waals surface area contributed by atoms with E-state index < -0.39 is 42.8 Å². The molecule has 2 saturated heterocycles. The maximum Gasteiger partial charge on any atom is 0.409 e. The second-order valence-corrected chi connectivity index (χ2v) is 11.9. The molecule has 0 saturated carbocycles. The summed E-state index contributed by atoms with van der Waals surface area (Å²) in [6, 6.07) is 4.18. The highest BCUT2D eigenvalue weighted by atomic mass is 32.2. The summed E-state index contributed by atoms with van der Waals surface area (Å²) in [5.74, 6) is -0.435. The van der Waals surface area contributed by atoms with Crippen LogP contribution < -0.4 is 4.74 Å². The molecule has 2 aliphatic rings. The molecule has 11 heteroatoms. The highest BCUT2D eigenvalue weighted by Crippen LogP contribution is 2.34. The van der Waals surface area contributed by atoms with Crippen LogP contribution in [0.1, 0.15) is 12.5 Å². The van der Waals surface area contributed by atoms with Crippen LogP contribution in [0.5, 0.6) is 5.75 Å². The first-order chi connectivity index (χ1) is 14.1. The van der Waals surface area contributed by atoms with Crippen LogP contribution in [0.2, 0.25) is 0 Å². The van der Waals surface area contributed by atoms with E-state index in [0.29, 0.717) is 26.2 Å². The third-order valence-electron chi connectivity index (χ3n) is 5.61. The number of benzene rings is 1. The number of methoxy groups -OCH3 is 1. The molecule has 0 aromatic heterocycles. The van der Waals surface area contributed by atoms with Gasteiger partial charge in [-0.25, -0.2) is 21.6 Å². The summed E-state index contributed by atoms with van der Waals surface area (Å²) in [4.78, 5) is 15.4. The molecule has 9 nitrogen and oxygen atoms in total. The second kappa shape index (κ2) is 8.72. The number of sulfone groups is 2. The average Bonchev–Trinajstić information content (AvgIpc) is 3.04. The number of ether oxygens (including phenoxy) is 2. The van der Waals surface area contributed by atoms with Gasteiger partial charge in [0.1, 0.15) is 10.6 Å². The predicted octanol–water partition coefficient (Wildman–Crippen LogP) is 0.717. The number of rotatable bonds is 5. The highest BCUT2D eigenvalue weighted by Gasteiger charge is 2.49. The van der Waals surface area contributed by atoms with Crippen LogP contribution in [0.4, 0.5) is 4.79 Å². The molecule has 168 valence electrons. The standard InChI is InChI=1S/C19H28N2O7S2/c1-4-28-19(22)21-9-7-20(8-10-21)15-12-29(23,24)13-18(15)30(25,26)17-11-14(2)5-6-16(17)27-3/h5-6,11,15,18H,4,7-10,12-13H2,1-3H3/t15-,18-/m0/s1. The number of carbonyl (C=O) groups is 1. The van der Waals surface area contributed by atoms with Crippen molar-refractivity contribution in [2.45, 2.75) is 30.0 Å². The molecule has 2 heterocycles. The van der Waals surface area contributed by atoms with Gasteiger partial charge in [-0.3, -0.25) is 4.90 Å². The van der Waals surface area contributed by atoms with Gasteiger partial charge >= 0.3 is 6.09 Å². The molecule has 1 aromatic carbocycles. The zero-order chi connectivity index (χ0) is 22.1. The third kappa shape index (κ3) is 4.57. The zero-order valence-electron chi connectivity index (χ0n) is 17.4. The quantitative estimate of drug-likeness (QED) is 0.632. The van der Waals surface area contributed by atoms with Crippen LogP contribution >= 0.6 is 0 Å². The lowest BCUT2D eigenvalue weighted by molar-refractivity contribution is 0.0700. The smallest absolute Gasteiger partial charge is 0.409 e. The van der Waals surface area contributed by atoms with Crippen LogP contribution in [0.3, 0.4) is 0 Å². The molecule has 0 N–H and O–H groups in total. The SMILES string of the molecule is CCOC(=O)N1CCN([C@H]2CS(=O)(=O)C[C@@H]2S(=O)(=O)c2cc(C)ccc2OC)CC1. The Kier molecular flexibility index (Phi) is 6.63. The van der Waals surface area contributed by atoms with Gasteiger partial charge in [0.2, 0.25) is 0 Å². The largest absolute Gasteiger partial charge is 0.495 e. The lowest BCUT2D eigenvalue weighted by Crippen LogP contribution is -2.55. The minimum Gasteiger partial charge on any atom is -0.495 e. The molecule has 2 fully saturated rings. The summed E-state index contributed by atoms with van der Waals surface area (Å²) in [7, 11) is -6.09. The molecule has 0 unspecified atom stereocenters. The molecule has 0 radical (unpaired) electrons. The fourth-order valence-electron chi connectivity index (χ4n) is 4.05. The Bertz CT molecular complexity index is 1000. The Morgan fingerprint density at radius 1 is 1.17 bits per heavy atom.